The molecule has 0 aromatic heterocycles. The SMILES string of the molecule is NCC(O)c1cc2c(cc1O)CCC2. The number of aliphatic hydroxyl groups is 1. The molecule has 0 aliphatic heterocycles. The zero-order valence-corrected chi connectivity index (χ0v) is 8.03. The molecule has 3 heteroatoms. The van der Waals surface area contributed by atoms with E-state index in [-0.39, 0.29) is 12.3 Å². The maximum Gasteiger partial charge on any atom is 0.121 e. The predicted octanol–water partition coefficient (Wildman–Crippen LogP) is 0.873. The summed E-state index contributed by atoms with van der Waals surface area (Å²) < 4.78 is 0. The third kappa shape index (κ3) is 1.49. The minimum absolute atomic E-state index is 0.145. The number of hydrogen-bond donors (Lipinski definition) is 3. The van der Waals surface area contributed by atoms with Crippen molar-refractivity contribution in [3.05, 3.63) is 28.8 Å². The summed E-state index contributed by atoms with van der Waals surface area (Å²) in [5.74, 6) is 0.170. The van der Waals surface area contributed by atoms with E-state index in [0.29, 0.717) is 5.56 Å². The first kappa shape index (κ1) is 9.49. The van der Waals surface area contributed by atoms with Gasteiger partial charge in [-0.15, -0.1) is 0 Å². The molecule has 0 bridgehead atoms. The summed E-state index contributed by atoms with van der Waals surface area (Å²) in [5, 5.41) is 19.2. The first-order chi connectivity index (χ1) is 6.72. The second-order valence-corrected chi connectivity index (χ2v) is 3.78. The van der Waals surface area contributed by atoms with Gasteiger partial charge in [0.05, 0.1) is 6.10 Å². The largest absolute Gasteiger partial charge is 0.508 e. The van der Waals surface area contributed by atoms with E-state index in [1.54, 1.807) is 6.07 Å². The number of benzene rings is 1. The van der Waals surface area contributed by atoms with Crippen LogP contribution in [0.15, 0.2) is 12.1 Å². The number of fused-ring (bicyclic) bond motifs is 1. The number of rotatable bonds is 2. The molecule has 1 aromatic carbocycles. The molecule has 2 rings (SSSR count). The molecule has 1 atom stereocenters. The van der Waals surface area contributed by atoms with Gasteiger partial charge in [0, 0.05) is 12.1 Å². The number of nitrogens with two attached hydrogens (primary N) is 1. The van der Waals surface area contributed by atoms with Crippen molar-refractivity contribution in [1.29, 1.82) is 0 Å². The Hall–Kier alpha value is -1.06. The van der Waals surface area contributed by atoms with Crippen LogP contribution in [0.5, 0.6) is 5.75 Å². The van der Waals surface area contributed by atoms with Gasteiger partial charge in [-0.1, -0.05) is 0 Å². The second kappa shape index (κ2) is 3.59. The van der Waals surface area contributed by atoms with Gasteiger partial charge in [0.25, 0.3) is 0 Å². The fourth-order valence-electron chi connectivity index (χ4n) is 2.02. The minimum Gasteiger partial charge on any atom is -0.508 e. The molecule has 4 N–H and O–H groups in total. The zero-order valence-electron chi connectivity index (χ0n) is 8.03. The van der Waals surface area contributed by atoms with Crippen LogP contribution in [0, 0.1) is 0 Å². The van der Waals surface area contributed by atoms with E-state index in [1.807, 2.05) is 6.07 Å². The first-order valence-electron chi connectivity index (χ1n) is 4.95. The van der Waals surface area contributed by atoms with E-state index in [0.717, 1.165) is 19.3 Å². The predicted molar refractivity (Wildman–Crippen MR) is 54.1 cm³/mol. The first-order valence-corrected chi connectivity index (χ1v) is 4.95. The lowest BCUT2D eigenvalue weighted by molar-refractivity contribution is 0.182. The van der Waals surface area contributed by atoms with E-state index >= 15 is 0 Å². The van der Waals surface area contributed by atoms with Gasteiger partial charge in [0.15, 0.2) is 0 Å². The minimum atomic E-state index is -0.749. The molecule has 0 spiro atoms. The van der Waals surface area contributed by atoms with Crippen LogP contribution in [0.25, 0.3) is 0 Å². The van der Waals surface area contributed by atoms with Gasteiger partial charge in [0.2, 0.25) is 0 Å². The maximum atomic E-state index is 9.66. The highest BCUT2D eigenvalue weighted by Gasteiger charge is 2.17. The van der Waals surface area contributed by atoms with Crippen LogP contribution in [0.3, 0.4) is 0 Å². The Balaban J connectivity index is 2.42. The van der Waals surface area contributed by atoms with Crippen molar-refractivity contribution in [1.82, 2.24) is 0 Å². The molecule has 1 aliphatic carbocycles. The lowest BCUT2D eigenvalue weighted by Crippen LogP contribution is -2.12. The molecule has 0 saturated heterocycles. The van der Waals surface area contributed by atoms with E-state index in [9.17, 15) is 10.2 Å². The molecular weight excluding hydrogens is 178 g/mol. The maximum absolute atomic E-state index is 9.66. The molecule has 1 unspecified atom stereocenters. The number of aromatic hydroxyl groups is 1. The summed E-state index contributed by atoms with van der Waals surface area (Å²) >= 11 is 0. The molecule has 14 heavy (non-hydrogen) atoms. The van der Waals surface area contributed by atoms with Crippen molar-refractivity contribution in [3.63, 3.8) is 0 Å². The number of phenols is 1. The summed E-state index contributed by atoms with van der Waals surface area (Å²) in [6.45, 7) is 0.145. The molecule has 0 amide bonds. The monoisotopic (exact) mass is 193 g/mol. The van der Waals surface area contributed by atoms with Crippen molar-refractivity contribution < 1.29 is 10.2 Å². The number of hydrogen-bond acceptors (Lipinski definition) is 3. The number of aliphatic hydroxyl groups excluding tert-OH is 1. The van der Waals surface area contributed by atoms with Gasteiger partial charge in [-0.3, -0.25) is 0 Å². The molecular formula is C11H15NO2. The zero-order chi connectivity index (χ0) is 10.1. The smallest absolute Gasteiger partial charge is 0.121 e. The molecule has 0 heterocycles. The second-order valence-electron chi connectivity index (χ2n) is 3.78. The highest BCUT2D eigenvalue weighted by molar-refractivity contribution is 5.45. The van der Waals surface area contributed by atoms with Crippen molar-refractivity contribution in [3.8, 4) is 5.75 Å². The van der Waals surface area contributed by atoms with Crippen LogP contribution in [0.2, 0.25) is 0 Å². The molecule has 1 aromatic rings. The Morgan fingerprint density at radius 1 is 1.29 bits per heavy atom. The van der Waals surface area contributed by atoms with Crippen LogP contribution in [0.4, 0.5) is 0 Å². The van der Waals surface area contributed by atoms with Gasteiger partial charge in [0.1, 0.15) is 5.75 Å². The number of phenolic OH excluding ortho intramolecular Hbond substituents is 1. The van der Waals surface area contributed by atoms with Gasteiger partial charge in [-0.05, 0) is 42.5 Å². The van der Waals surface area contributed by atoms with Gasteiger partial charge >= 0.3 is 0 Å². The highest BCUT2D eigenvalue weighted by atomic mass is 16.3. The molecule has 3 nitrogen and oxygen atoms in total. The summed E-state index contributed by atoms with van der Waals surface area (Å²) in [6.07, 6.45) is 2.46. The Bertz CT molecular complexity index is 349. The summed E-state index contributed by atoms with van der Waals surface area (Å²) in [6, 6.07) is 3.64. The highest BCUT2D eigenvalue weighted by Crippen LogP contribution is 2.32. The fraction of sp³-hybridized carbons (Fsp3) is 0.455. The van der Waals surface area contributed by atoms with Crippen molar-refractivity contribution in [2.75, 3.05) is 6.54 Å². The van der Waals surface area contributed by atoms with Crippen LogP contribution < -0.4 is 5.73 Å². The summed E-state index contributed by atoms with van der Waals surface area (Å²) in [4.78, 5) is 0. The normalized spacial score (nSPS) is 16.7. The molecule has 0 fully saturated rings. The third-order valence-electron chi connectivity index (χ3n) is 2.82. The van der Waals surface area contributed by atoms with Crippen LogP contribution >= 0.6 is 0 Å². The van der Waals surface area contributed by atoms with Crippen molar-refractivity contribution >= 4 is 0 Å². The quantitative estimate of drug-likeness (QED) is 0.653. The van der Waals surface area contributed by atoms with E-state index in [1.165, 1.54) is 11.1 Å². The molecule has 76 valence electrons. The molecule has 1 aliphatic rings. The Morgan fingerprint density at radius 2 is 1.93 bits per heavy atom. The standard InChI is InChI=1S/C11H15NO2/c12-6-11(14)9-4-7-2-1-3-8(7)5-10(9)13/h4-5,11,13-14H,1-3,6,12H2. The fourth-order valence-corrected chi connectivity index (χ4v) is 2.02. The topological polar surface area (TPSA) is 66.5 Å². The van der Waals surface area contributed by atoms with E-state index in [4.69, 9.17) is 5.73 Å². The average molecular weight is 193 g/mol. The Kier molecular flexibility index (Phi) is 2.44. The Labute approximate surface area is 83.2 Å². The molecule has 0 saturated carbocycles. The van der Waals surface area contributed by atoms with Crippen molar-refractivity contribution in [2.24, 2.45) is 5.73 Å². The van der Waals surface area contributed by atoms with Crippen LogP contribution in [0.1, 0.15) is 29.2 Å². The summed E-state index contributed by atoms with van der Waals surface area (Å²) in [5.41, 5.74) is 8.37. The lowest BCUT2D eigenvalue weighted by Gasteiger charge is -2.12. The number of aryl methyl sites for hydroxylation is 2. The van der Waals surface area contributed by atoms with Gasteiger partial charge in [-0.2, -0.15) is 0 Å². The van der Waals surface area contributed by atoms with Gasteiger partial charge in [-0.25, -0.2) is 0 Å². The lowest BCUT2D eigenvalue weighted by atomic mass is 10.0. The van der Waals surface area contributed by atoms with E-state index < -0.39 is 6.10 Å². The Morgan fingerprint density at radius 3 is 2.57 bits per heavy atom. The third-order valence-corrected chi connectivity index (χ3v) is 2.82. The average Bonchev–Trinajstić information content (AvgIpc) is 2.62. The molecule has 0 radical (unpaired) electrons. The van der Waals surface area contributed by atoms with Crippen molar-refractivity contribution in [2.45, 2.75) is 25.4 Å². The van der Waals surface area contributed by atoms with Crippen LogP contribution in [-0.2, 0) is 12.8 Å². The van der Waals surface area contributed by atoms with Crippen LogP contribution in [-0.4, -0.2) is 16.8 Å². The van der Waals surface area contributed by atoms with E-state index in [2.05, 4.69) is 0 Å². The van der Waals surface area contributed by atoms with Gasteiger partial charge < -0.3 is 15.9 Å². The summed E-state index contributed by atoms with van der Waals surface area (Å²) in [7, 11) is 0.